The summed E-state index contributed by atoms with van der Waals surface area (Å²) >= 11 is 0. The van der Waals surface area contributed by atoms with E-state index in [1.165, 1.54) is 0 Å². The van der Waals surface area contributed by atoms with Crippen molar-refractivity contribution in [2.24, 2.45) is 5.92 Å². The molecule has 2 aromatic heterocycles. The largest absolute Gasteiger partial charge is 0.391 e. The molecule has 2 atom stereocenters. The molecule has 1 saturated heterocycles. The van der Waals surface area contributed by atoms with Gasteiger partial charge in [-0.25, -0.2) is 0 Å². The molecule has 1 aliphatic heterocycles. The number of aromatic amines is 1. The van der Waals surface area contributed by atoms with Gasteiger partial charge in [0.2, 0.25) is 5.91 Å². The Balaban J connectivity index is 1.54. The molecule has 0 unspecified atom stereocenters. The summed E-state index contributed by atoms with van der Waals surface area (Å²) in [4.78, 5) is 18.5. The fourth-order valence-electron chi connectivity index (χ4n) is 3.21. The molecule has 2 aromatic rings. The highest BCUT2D eigenvalue weighted by Crippen LogP contribution is 2.22. The minimum Gasteiger partial charge on any atom is -0.391 e. The van der Waals surface area contributed by atoms with E-state index in [0.717, 1.165) is 22.6 Å². The van der Waals surface area contributed by atoms with Crippen LogP contribution < -0.4 is 0 Å². The highest BCUT2D eigenvalue weighted by molar-refractivity contribution is 5.76. The third-order valence-corrected chi connectivity index (χ3v) is 4.89. The van der Waals surface area contributed by atoms with Gasteiger partial charge in [-0.1, -0.05) is 6.07 Å². The number of rotatable bonds is 5. The lowest BCUT2D eigenvalue weighted by atomic mass is 10.00. The third kappa shape index (κ3) is 3.64. The Kier molecular flexibility index (Phi) is 4.94. The summed E-state index contributed by atoms with van der Waals surface area (Å²) in [5, 5.41) is 17.5. The topological polar surface area (TPSA) is 82.1 Å². The molecule has 3 rings (SSSR count). The van der Waals surface area contributed by atoms with E-state index in [1.54, 1.807) is 11.1 Å². The fraction of sp³-hybridized carbons (Fsp3) is 0.500. The number of nitrogens with zero attached hydrogens (tertiary/aromatic N) is 3. The van der Waals surface area contributed by atoms with E-state index in [9.17, 15) is 9.90 Å². The lowest BCUT2D eigenvalue weighted by Crippen LogP contribution is -2.29. The van der Waals surface area contributed by atoms with Gasteiger partial charge in [-0.2, -0.15) is 5.10 Å². The molecular formula is C18H24N4O2. The molecule has 2 N–H and O–H groups in total. The van der Waals surface area contributed by atoms with E-state index in [4.69, 9.17) is 0 Å². The minimum atomic E-state index is -0.481. The van der Waals surface area contributed by atoms with Crippen molar-refractivity contribution in [3.8, 4) is 0 Å². The molecular weight excluding hydrogens is 304 g/mol. The molecule has 6 heteroatoms. The number of aliphatic hydroxyl groups excluding tert-OH is 1. The maximum atomic E-state index is 12.4. The number of amides is 1. The highest BCUT2D eigenvalue weighted by atomic mass is 16.3. The molecule has 1 amide bonds. The van der Waals surface area contributed by atoms with Crippen LogP contribution in [0.5, 0.6) is 0 Å². The number of pyridine rings is 1. The second kappa shape index (κ2) is 7.13. The van der Waals surface area contributed by atoms with Crippen molar-refractivity contribution >= 4 is 5.91 Å². The van der Waals surface area contributed by atoms with Crippen LogP contribution in [0, 0.1) is 19.8 Å². The summed E-state index contributed by atoms with van der Waals surface area (Å²) in [6.07, 6.45) is 3.03. The molecule has 3 heterocycles. The van der Waals surface area contributed by atoms with E-state index in [-0.39, 0.29) is 11.8 Å². The molecule has 0 radical (unpaired) electrons. The number of carbonyl (C=O) groups is 1. The predicted octanol–water partition coefficient (Wildman–Crippen LogP) is 1.42. The van der Waals surface area contributed by atoms with Crippen molar-refractivity contribution in [2.75, 3.05) is 13.1 Å². The van der Waals surface area contributed by atoms with Crippen molar-refractivity contribution in [3.05, 3.63) is 47.0 Å². The summed E-state index contributed by atoms with van der Waals surface area (Å²) in [6.45, 7) is 5.00. The van der Waals surface area contributed by atoms with Gasteiger partial charge in [0.05, 0.1) is 11.8 Å². The normalized spacial score (nSPS) is 20.5. The number of carbonyl (C=O) groups excluding carboxylic acids is 1. The number of aliphatic hydroxyl groups is 1. The van der Waals surface area contributed by atoms with E-state index in [1.807, 2.05) is 32.0 Å². The second-order valence-corrected chi connectivity index (χ2v) is 6.57. The van der Waals surface area contributed by atoms with Crippen molar-refractivity contribution in [3.63, 3.8) is 0 Å². The average Bonchev–Trinajstić information content (AvgIpc) is 3.10. The first-order valence-electron chi connectivity index (χ1n) is 8.40. The average molecular weight is 328 g/mol. The minimum absolute atomic E-state index is 0.0539. The van der Waals surface area contributed by atoms with Crippen LogP contribution in [-0.2, 0) is 17.6 Å². The molecule has 1 fully saturated rings. The Bertz CT molecular complexity index is 698. The van der Waals surface area contributed by atoms with E-state index in [2.05, 4.69) is 15.2 Å². The van der Waals surface area contributed by atoms with E-state index < -0.39 is 6.10 Å². The number of β-amino-alcohol motifs (C(OH)–C–C–N with tert-alkyl or cyclic N) is 1. The van der Waals surface area contributed by atoms with Crippen molar-refractivity contribution < 1.29 is 9.90 Å². The van der Waals surface area contributed by atoms with Crippen LogP contribution in [0.25, 0.3) is 0 Å². The molecule has 128 valence electrons. The summed E-state index contributed by atoms with van der Waals surface area (Å²) < 4.78 is 0. The monoisotopic (exact) mass is 328 g/mol. The lowest BCUT2D eigenvalue weighted by molar-refractivity contribution is -0.130. The zero-order chi connectivity index (χ0) is 17.1. The van der Waals surface area contributed by atoms with Gasteiger partial charge in [0.15, 0.2) is 0 Å². The summed E-state index contributed by atoms with van der Waals surface area (Å²) in [6, 6.07) is 5.78. The molecule has 0 aliphatic carbocycles. The Morgan fingerprint density at radius 1 is 1.38 bits per heavy atom. The second-order valence-electron chi connectivity index (χ2n) is 6.57. The first kappa shape index (κ1) is 16.6. The third-order valence-electron chi connectivity index (χ3n) is 4.89. The van der Waals surface area contributed by atoms with Gasteiger partial charge in [0, 0.05) is 49.4 Å². The molecule has 24 heavy (non-hydrogen) atoms. The standard InChI is InChI=1S/C18H24N4O2/c1-12-13(2)20-21-16(12)6-7-18(24)22-10-14(17(23)11-22)9-15-5-3-4-8-19-15/h3-5,8,14,17,23H,6-7,9-11H2,1-2H3,(H,20,21)/t14-,17-/m1/s1. The van der Waals surface area contributed by atoms with Crippen molar-refractivity contribution in [2.45, 2.75) is 39.2 Å². The Morgan fingerprint density at radius 2 is 2.21 bits per heavy atom. The highest BCUT2D eigenvalue weighted by Gasteiger charge is 2.34. The maximum Gasteiger partial charge on any atom is 0.223 e. The van der Waals surface area contributed by atoms with E-state index in [0.29, 0.717) is 32.4 Å². The zero-order valence-corrected chi connectivity index (χ0v) is 14.2. The smallest absolute Gasteiger partial charge is 0.223 e. The SMILES string of the molecule is Cc1[nH]nc(CCC(=O)N2C[C@@H](Cc3ccccn3)[C@H](O)C2)c1C. The van der Waals surface area contributed by atoms with Crippen molar-refractivity contribution in [1.82, 2.24) is 20.1 Å². The van der Waals surface area contributed by atoms with E-state index >= 15 is 0 Å². The molecule has 0 bridgehead atoms. The molecule has 0 aromatic carbocycles. The van der Waals surface area contributed by atoms with Gasteiger partial charge < -0.3 is 10.0 Å². The number of likely N-dealkylation sites (tertiary alicyclic amines) is 1. The van der Waals surface area contributed by atoms with Crippen LogP contribution >= 0.6 is 0 Å². The summed E-state index contributed by atoms with van der Waals surface area (Å²) in [5.74, 6) is 0.135. The number of aryl methyl sites for hydroxylation is 2. The molecule has 0 spiro atoms. The zero-order valence-electron chi connectivity index (χ0n) is 14.2. The van der Waals surface area contributed by atoms with Crippen LogP contribution in [0.2, 0.25) is 0 Å². The van der Waals surface area contributed by atoms with Crippen LogP contribution in [0.3, 0.4) is 0 Å². The molecule has 0 saturated carbocycles. The van der Waals surface area contributed by atoms with Gasteiger partial charge in [0.25, 0.3) is 0 Å². The van der Waals surface area contributed by atoms with Gasteiger partial charge in [0.1, 0.15) is 0 Å². The number of aromatic nitrogens is 3. The number of nitrogens with one attached hydrogen (secondary N) is 1. The molecule has 1 aliphatic rings. The number of H-pyrrole nitrogens is 1. The first-order chi connectivity index (χ1) is 11.5. The fourth-order valence-corrected chi connectivity index (χ4v) is 3.21. The Morgan fingerprint density at radius 3 is 2.88 bits per heavy atom. The van der Waals surface area contributed by atoms with Crippen LogP contribution in [0.4, 0.5) is 0 Å². The summed E-state index contributed by atoms with van der Waals surface area (Å²) in [5.41, 5.74) is 4.07. The van der Waals surface area contributed by atoms with Gasteiger partial charge >= 0.3 is 0 Å². The predicted molar refractivity (Wildman–Crippen MR) is 90.4 cm³/mol. The van der Waals surface area contributed by atoms with Crippen LogP contribution in [0.15, 0.2) is 24.4 Å². The first-order valence-corrected chi connectivity index (χ1v) is 8.40. The number of hydrogen-bond donors (Lipinski definition) is 2. The van der Waals surface area contributed by atoms with Crippen LogP contribution in [0.1, 0.15) is 29.1 Å². The molecule has 6 nitrogen and oxygen atoms in total. The van der Waals surface area contributed by atoms with Gasteiger partial charge in [-0.15, -0.1) is 0 Å². The van der Waals surface area contributed by atoms with Gasteiger partial charge in [-0.05, 0) is 38.0 Å². The Labute approximate surface area is 141 Å². The van der Waals surface area contributed by atoms with Gasteiger partial charge in [-0.3, -0.25) is 14.9 Å². The lowest BCUT2D eigenvalue weighted by Gasteiger charge is -2.16. The van der Waals surface area contributed by atoms with Crippen molar-refractivity contribution in [1.29, 1.82) is 0 Å². The summed E-state index contributed by atoms with van der Waals surface area (Å²) in [7, 11) is 0. The quantitative estimate of drug-likeness (QED) is 0.869. The number of hydrogen-bond acceptors (Lipinski definition) is 4. The Hall–Kier alpha value is -2.21. The maximum absolute atomic E-state index is 12.4. The van der Waals surface area contributed by atoms with Crippen LogP contribution in [-0.4, -0.2) is 50.3 Å².